The summed E-state index contributed by atoms with van der Waals surface area (Å²) >= 11 is 0. The van der Waals surface area contributed by atoms with Crippen molar-refractivity contribution in [1.29, 1.82) is 0 Å². The predicted octanol–water partition coefficient (Wildman–Crippen LogP) is 1.30. The van der Waals surface area contributed by atoms with Crippen molar-refractivity contribution in [1.82, 2.24) is 9.80 Å². The third-order valence-electron chi connectivity index (χ3n) is 3.76. The van der Waals surface area contributed by atoms with Gasteiger partial charge in [-0.2, -0.15) is 0 Å². The monoisotopic (exact) mass is 226 g/mol. The van der Waals surface area contributed by atoms with Crippen LogP contribution in [0.15, 0.2) is 0 Å². The van der Waals surface area contributed by atoms with E-state index in [-0.39, 0.29) is 18.1 Å². The third kappa shape index (κ3) is 2.48. The molecular weight excluding hydrogens is 204 g/mol. The van der Waals surface area contributed by atoms with Crippen LogP contribution in [0, 0.1) is 5.92 Å². The number of likely N-dealkylation sites (tertiary alicyclic amines) is 2. The van der Waals surface area contributed by atoms with Crippen molar-refractivity contribution in [2.24, 2.45) is 5.92 Å². The summed E-state index contributed by atoms with van der Waals surface area (Å²) in [5.41, 5.74) is 0. The molecule has 2 heterocycles. The van der Waals surface area contributed by atoms with E-state index in [0.717, 1.165) is 32.4 Å². The molecule has 0 saturated carbocycles. The van der Waals surface area contributed by atoms with Crippen LogP contribution in [0.4, 0.5) is 4.79 Å². The summed E-state index contributed by atoms with van der Waals surface area (Å²) in [6.07, 6.45) is 4.01. The molecule has 0 spiro atoms. The lowest BCUT2D eigenvalue weighted by atomic mass is 9.97. The van der Waals surface area contributed by atoms with Gasteiger partial charge in [0.05, 0.1) is 6.10 Å². The van der Waals surface area contributed by atoms with Gasteiger partial charge in [0.2, 0.25) is 0 Å². The van der Waals surface area contributed by atoms with E-state index in [1.165, 1.54) is 6.42 Å². The average Bonchev–Trinajstić information content (AvgIpc) is 2.33. The lowest BCUT2D eigenvalue weighted by Crippen LogP contribution is -2.51. The van der Waals surface area contributed by atoms with Gasteiger partial charge in [0, 0.05) is 26.2 Å². The smallest absolute Gasteiger partial charge is 0.320 e. The highest BCUT2D eigenvalue weighted by Crippen LogP contribution is 2.19. The quantitative estimate of drug-likeness (QED) is 0.676. The lowest BCUT2D eigenvalue weighted by Gasteiger charge is -2.38. The minimum atomic E-state index is -0.231. The maximum atomic E-state index is 12.2. The van der Waals surface area contributed by atoms with Gasteiger partial charge < -0.3 is 14.9 Å². The molecule has 0 aromatic rings. The molecular formula is C12H22N2O2. The molecule has 4 heteroatoms. The number of piperidine rings is 2. The average molecular weight is 226 g/mol. The van der Waals surface area contributed by atoms with E-state index in [4.69, 9.17) is 0 Å². The van der Waals surface area contributed by atoms with Crippen LogP contribution in [-0.2, 0) is 0 Å². The number of hydrogen-bond acceptors (Lipinski definition) is 2. The molecule has 0 aliphatic carbocycles. The van der Waals surface area contributed by atoms with Crippen LogP contribution in [-0.4, -0.2) is 53.2 Å². The van der Waals surface area contributed by atoms with Gasteiger partial charge in [-0.15, -0.1) is 0 Å². The van der Waals surface area contributed by atoms with Crippen molar-refractivity contribution in [3.05, 3.63) is 0 Å². The number of amides is 2. The fraction of sp³-hybridized carbons (Fsp3) is 0.917. The first kappa shape index (κ1) is 11.7. The van der Waals surface area contributed by atoms with Crippen LogP contribution in [0.1, 0.15) is 32.6 Å². The normalized spacial score (nSPS) is 31.6. The first-order chi connectivity index (χ1) is 7.68. The Bertz CT molecular complexity index is 251. The summed E-state index contributed by atoms with van der Waals surface area (Å²) in [6.45, 7) is 5.25. The van der Waals surface area contributed by atoms with E-state index < -0.39 is 0 Å². The molecule has 4 nitrogen and oxygen atoms in total. The second-order valence-electron chi connectivity index (χ2n) is 5.11. The molecule has 2 atom stereocenters. The highest BCUT2D eigenvalue weighted by atomic mass is 16.3. The summed E-state index contributed by atoms with van der Waals surface area (Å²) in [5.74, 6) is 0.211. The van der Waals surface area contributed by atoms with Crippen LogP contribution >= 0.6 is 0 Å². The van der Waals surface area contributed by atoms with Gasteiger partial charge in [-0.1, -0.05) is 6.92 Å². The molecule has 2 unspecified atom stereocenters. The van der Waals surface area contributed by atoms with Gasteiger partial charge in [0.15, 0.2) is 0 Å². The Morgan fingerprint density at radius 1 is 1.12 bits per heavy atom. The molecule has 1 N–H and O–H groups in total. The Morgan fingerprint density at radius 2 is 1.81 bits per heavy atom. The van der Waals surface area contributed by atoms with Crippen LogP contribution < -0.4 is 0 Å². The predicted molar refractivity (Wildman–Crippen MR) is 62.2 cm³/mol. The summed E-state index contributed by atoms with van der Waals surface area (Å²) < 4.78 is 0. The first-order valence-corrected chi connectivity index (χ1v) is 6.40. The molecule has 0 radical (unpaired) electrons. The fourth-order valence-corrected chi connectivity index (χ4v) is 2.59. The van der Waals surface area contributed by atoms with Crippen molar-refractivity contribution in [3.63, 3.8) is 0 Å². The first-order valence-electron chi connectivity index (χ1n) is 6.40. The van der Waals surface area contributed by atoms with E-state index >= 15 is 0 Å². The molecule has 2 saturated heterocycles. The standard InChI is InChI=1S/C12H22N2O2/c1-10-9-14(8-5-11(10)15)12(16)13-6-3-2-4-7-13/h10-11,15H,2-9H2,1H3. The number of aliphatic hydroxyl groups is 1. The summed E-state index contributed by atoms with van der Waals surface area (Å²) in [6, 6.07) is 0.179. The van der Waals surface area contributed by atoms with Gasteiger partial charge in [-0.25, -0.2) is 4.79 Å². The van der Waals surface area contributed by atoms with E-state index in [0.29, 0.717) is 13.1 Å². The third-order valence-corrected chi connectivity index (χ3v) is 3.76. The lowest BCUT2D eigenvalue weighted by molar-refractivity contribution is 0.0390. The zero-order valence-electron chi connectivity index (χ0n) is 10.1. The number of rotatable bonds is 0. The topological polar surface area (TPSA) is 43.8 Å². The Labute approximate surface area is 97.2 Å². The summed E-state index contributed by atoms with van der Waals surface area (Å²) in [5, 5.41) is 9.64. The molecule has 0 aromatic heterocycles. The molecule has 2 amide bonds. The second-order valence-corrected chi connectivity index (χ2v) is 5.11. The van der Waals surface area contributed by atoms with E-state index in [2.05, 4.69) is 0 Å². The van der Waals surface area contributed by atoms with Crippen LogP contribution in [0.5, 0.6) is 0 Å². The molecule has 2 aliphatic heterocycles. The molecule has 2 aliphatic rings. The number of aliphatic hydroxyl groups excluding tert-OH is 1. The van der Waals surface area contributed by atoms with Crippen molar-refractivity contribution >= 4 is 6.03 Å². The molecule has 92 valence electrons. The molecule has 16 heavy (non-hydrogen) atoms. The Balaban J connectivity index is 1.89. The molecule has 2 fully saturated rings. The summed E-state index contributed by atoms with van der Waals surface area (Å²) in [7, 11) is 0. The Hall–Kier alpha value is -0.770. The molecule has 0 bridgehead atoms. The van der Waals surface area contributed by atoms with Crippen molar-refractivity contribution in [2.45, 2.75) is 38.7 Å². The molecule has 2 rings (SSSR count). The number of carbonyl (C=O) groups is 1. The minimum Gasteiger partial charge on any atom is -0.393 e. The van der Waals surface area contributed by atoms with Crippen LogP contribution in [0.25, 0.3) is 0 Å². The molecule has 0 aromatic carbocycles. The fourth-order valence-electron chi connectivity index (χ4n) is 2.59. The van der Waals surface area contributed by atoms with Crippen molar-refractivity contribution in [2.75, 3.05) is 26.2 Å². The minimum absolute atomic E-state index is 0.179. The van der Waals surface area contributed by atoms with E-state index in [1.54, 1.807) is 0 Å². The highest BCUT2D eigenvalue weighted by molar-refractivity contribution is 5.74. The SMILES string of the molecule is CC1CN(C(=O)N2CCCCC2)CCC1O. The summed E-state index contributed by atoms with van der Waals surface area (Å²) in [4.78, 5) is 16.0. The highest BCUT2D eigenvalue weighted by Gasteiger charge is 2.30. The zero-order chi connectivity index (χ0) is 11.5. The van der Waals surface area contributed by atoms with Gasteiger partial charge in [0.25, 0.3) is 0 Å². The maximum Gasteiger partial charge on any atom is 0.320 e. The number of nitrogens with zero attached hydrogens (tertiary/aromatic N) is 2. The van der Waals surface area contributed by atoms with Gasteiger partial charge in [-0.05, 0) is 31.6 Å². The van der Waals surface area contributed by atoms with Crippen LogP contribution in [0.3, 0.4) is 0 Å². The van der Waals surface area contributed by atoms with Crippen molar-refractivity contribution < 1.29 is 9.90 Å². The Morgan fingerprint density at radius 3 is 2.44 bits per heavy atom. The van der Waals surface area contributed by atoms with Crippen LogP contribution in [0.2, 0.25) is 0 Å². The maximum absolute atomic E-state index is 12.2. The Kier molecular flexibility index (Phi) is 3.69. The number of carbonyl (C=O) groups excluding carboxylic acids is 1. The van der Waals surface area contributed by atoms with Gasteiger partial charge in [0.1, 0.15) is 0 Å². The largest absolute Gasteiger partial charge is 0.393 e. The zero-order valence-corrected chi connectivity index (χ0v) is 10.1. The van der Waals surface area contributed by atoms with Crippen molar-refractivity contribution in [3.8, 4) is 0 Å². The van der Waals surface area contributed by atoms with E-state index in [1.807, 2.05) is 16.7 Å². The van der Waals surface area contributed by atoms with Gasteiger partial charge >= 0.3 is 6.03 Å². The van der Waals surface area contributed by atoms with E-state index in [9.17, 15) is 9.90 Å². The number of hydrogen-bond donors (Lipinski definition) is 1. The number of urea groups is 1. The second kappa shape index (κ2) is 5.04. The van der Waals surface area contributed by atoms with Gasteiger partial charge in [-0.3, -0.25) is 0 Å².